The maximum absolute atomic E-state index is 14.2. The van der Waals surface area contributed by atoms with Crippen molar-refractivity contribution in [3.63, 3.8) is 0 Å². The fourth-order valence-corrected chi connectivity index (χ4v) is 5.24. The van der Waals surface area contributed by atoms with E-state index in [4.69, 9.17) is 14.2 Å². The number of rotatable bonds is 9. The number of aliphatic hydroxyl groups excluding tert-OH is 1. The number of benzene rings is 2. The van der Waals surface area contributed by atoms with Crippen LogP contribution in [0.1, 0.15) is 55.5 Å². The summed E-state index contributed by atoms with van der Waals surface area (Å²) in [6, 6.07) is 10.6. The van der Waals surface area contributed by atoms with E-state index in [1.807, 2.05) is 6.07 Å². The van der Waals surface area contributed by atoms with E-state index in [1.165, 1.54) is 23.3 Å². The maximum Gasteiger partial charge on any atom is 0.407 e. The Morgan fingerprint density at radius 3 is 2.73 bits per heavy atom. The molecule has 9 nitrogen and oxygen atoms in total. The molecule has 218 valence electrons. The first-order chi connectivity index (χ1) is 19.7. The number of alkyl carbamates (subject to hydrolysis) is 1. The van der Waals surface area contributed by atoms with Gasteiger partial charge in [0.25, 0.3) is 0 Å². The molecule has 0 saturated heterocycles. The van der Waals surface area contributed by atoms with Crippen LogP contribution in [0.2, 0.25) is 0 Å². The van der Waals surface area contributed by atoms with E-state index >= 15 is 0 Å². The summed E-state index contributed by atoms with van der Waals surface area (Å²) in [6.45, 7) is 8.14. The van der Waals surface area contributed by atoms with Crippen LogP contribution in [0, 0.1) is 5.82 Å². The zero-order chi connectivity index (χ0) is 29.0. The molecule has 0 radical (unpaired) electrons. The lowest BCUT2D eigenvalue weighted by molar-refractivity contribution is 0.0489. The highest BCUT2D eigenvalue weighted by Gasteiger charge is 2.30. The molecule has 0 spiro atoms. The average molecular weight is 565 g/mol. The lowest BCUT2D eigenvalue weighted by Gasteiger charge is -2.19. The largest absolute Gasteiger partial charge is 0.490 e. The van der Waals surface area contributed by atoms with Crippen molar-refractivity contribution < 1.29 is 28.5 Å². The molecule has 2 aromatic carbocycles. The summed E-state index contributed by atoms with van der Waals surface area (Å²) < 4.78 is 30.9. The lowest BCUT2D eigenvalue weighted by Crippen LogP contribution is -2.34. The van der Waals surface area contributed by atoms with Gasteiger partial charge in [-0.05, 0) is 81.5 Å². The summed E-state index contributed by atoms with van der Waals surface area (Å²) in [5.41, 5.74) is 6.50. The molecular weight excluding hydrogens is 527 g/mol. The third-order valence-electron chi connectivity index (χ3n) is 7.08. The molecule has 3 aromatic rings. The van der Waals surface area contributed by atoms with E-state index in [1.54, 1.807) is 26.8 Å². The second-order valence-corrected chi connectivity index (χ2v) is 11.3. The van der Waals surface area contributed by atoms with Crippen LogP contribution in [-0.4, -0.2) is 59.9 Å². The van der Waals surface area contributed by atoms with Gasteiger partial charge in [0.1, 0.15) is 29.5 Å². The Morgan fingerprint density at radius 1 is 1.07 bits per heavy atom. The topological polar surface area (TPSA) is 115 Å². The van der Waals surface area contributed by atoms with Crippen molar-refractivity contribution in [2.75, 3.05) is 32.9 Å². The minimum Gasteiger partial charge on any atom is -0.490 e. The van der Waals surface area contributed by atoms with E-state index in [2.05, 4.69) is 33.0 Å². The predicted octanol–water partition coefficient (Wildman–Crippen LogP) is 4.50. The minimum absolute atomic E-state index is 0.170. The van der Waals surface area contributed by atoms with Gasteiger partial charge in [-0.2, -0.15) is 0 Å². The summed E-state index contributed by atoms with van der Waals surface area (Å²) in [5, 5.41) is 26.1. The van der Waals surface area contributed by atoms with Crippen LogP contribution in [0.3, 0.4) is 0 Å². The lowest BCUT2D eigenvalue weighted by atomic mass is 9.94. The number of hydrogen-bond acceptors (Lipinski definition) is 8. The van der Waals surface area contributed by atoms with Crippen LogP contribution in [0.25, 0.3) is 22.5 Å². The number of carbonyl (C=O) groups is 1. The molecule has 10 heteroatoms. The van der Waals surface area contributed by atoms with Gasteiger partial charge < -0.3 is 30.0 Å². The maximum atomic E-state index is 14.2. The van der Waals surface area contributed by atoms with Crippen molar-refractivity contribution in [1.82, 2.24) is 20.8 Å². The summed E-state index contributed by atoms with van der Waals surface area (Å²) in [4.78, 5) is 11.7. The van der Waals surface area contributed by atoms with Gasteiger partial charge >= 0.3 is 6.09 Å². The molecule has 1 atom stereocenters. The van der Waals surface area contributed by atoms with Crippen molar-refractivity contribution in [3.8, 4) is 28.3 Å². The van der Waals surface area contributed by atoms with Crippen LogP contribution in [0.15, 0.2) is 36.4 Å². The predicted molar refractivity (Wildman–Crippen MR) is 152 cm³/mol. The van der Waals surface area contributed by atoms with Crippen molar-refractivity contribution in [1.29, 1.82) is 0 Å². The SMILES string of the molecule is CC(C)(C)OC(=O)NCCOCCOc1cc(F)ccc1-c1nnc(-c2ccc3c(c2)CCNC3)c2c1CCC2O. The quantitative estimate of drug-likeness (QED) is 0.326. The van der Waals surface area contributed by atoms with Gasteiger partial charge in [-0.25, -0.2) is 9.18 Å². The van der Waals surface area contributed by atoms with Crippen molar-refractivity contribution in [2.45, 2.75) is 58.3 Å². The molecule has 0 saturated carbocycles. The van der Waals surface area contributed by atoms with E-state index in [9.17, 15) is 14.3 Å². The molecule has 1 unspecified atom stereocenters. The Morgan fingerprint density at radius 2 is 1.90 bits per heavy atom. The standard InChI is InChI=1S/C31H37FN4O5/c1-31(2,3)41-30(38)34-12-13-39-14-15-40-26-17-22(32)6-7-23(26)29-24-8-9-25(37)27(24)28(35-36-29)20-4-5-21-18-33-11-10-19(21)16-20/h4-7,16-17,25,33,37H,8-15,18H2,1-3H3,(H,34,38). The summed E-state index contributed by atoms with van der Waals surface area (Å²) in [6.07, 6.45) is 0.989. The van der Waals surface area contributed by atoms with E-state index in [0.717, 1.165) is 36.2 Å². The van der Waals surface area contributed by atoms with Gasteiger partial charge in [-0.1, -0.05) is 12.1 Å². The summed E-state index contributed by atoms with van der Waals surface area (Å²) in [5.74, 6) is -0.108. The molecule has 1 aliphatic carbocycles. The van der Waals surface area contributed by atoms with Crippen molar-refractivity contribution in [3.05, 3.63) is 64.5 Å². The molecule has 0 fully saturated rings. The Labute approximate surface area is 239 Å². The third-order valence-corrected chi connectivity index (χ3v) is 7.08. The third kappa shape index (κ3) is 7.01. The van der Waals surface area contributed by atoms with Gasteiger partial charge in [-0.3, -0.25) is 0 Å². The molecular formula is C31H37FN4O5. The van der Waals surface area contributed by atoms with Crippen molar-refractivity contribution >= 4 is 6.09 Å². The second kappa shape index (κ2) is 12.5. The van der Waals surface area contributed by atoms with Crippen LogP contribution in [-0.2, 0) is 28.9 Å². The first-order valence-electron chi connectivity index (χ1n) is 14.1. The number of fused-ring (bicyclic) bond motifs is 2. The summed E-state index contributed by atoms with van der Waals surface area (Å²) >= 11 is 0. The number of nitrogens with zero attached hydrogens (tertiary/aromatic N) is 2. The van der Waals surface area contributed by atoms with Crippen LogP contribution < -0.4 is 15.4 Å². The fourth-order valence-electron chi connectivity index (χ4n) is 5.24. The van der Waals surface area contributed by atoms with Crippen molar-refractivity contribution in [2.24, 2.45) is 0 Å². The molecule has 41 heavy (non-hydrogen) atoms. The molecule has 3 N–H and O–H groups in total. The zero-order valence-electron chi connectivity index (χ0n) is 23.8. The molecule has 1 aromatic heterocycles. The van der Waals surface area contributed by atoms with E-state index in [0.29, 0.717) is 35.5 Å². The van der Waals surface area contributed by atoms with Gasteiger partial charge in [0.2, 0.25) is 0 Å². The van der Waals surface area contributed by atoms with Crippen LogP contribution in [0.5, 0.6) is 5.75 Å². The molecule has 0 bridgehead atoms. The van der Waals surface area contributed by atoms with Gasteiger partial charge in [0.15, 0.2) is 0 Å². The molecule has 2 heterocycles. The van der Waals surface area contributed by atoms with Gasteiger partial charge in [0, 0.05) is 35.8 Å². The number of aromatic nitrogens is 2. The molecule has 2 aliphatic rings. The van der Waals surface area contributed by atoms with Crippen LogP contribution in [0.4, 0.5) is 9.18 Å². The highest BCUT2D eigenvalue weighted by Crippen LogP contribution is 2.43. The fraction of sp³-hybridized carbons (Fsp3) is 0.452. The number of ether oxygens (including phenoxy) is 3. The highest BCUT2D eigenvalue weighted by molar-refractivity contribution is 5.76. The Hall–Kier alpha value is -3.60. The number of aliphatic hydroxyl groups is 1. The monoisotopic (exact) mass is 564 g/mol. The highest BCUT2D eigenvalue weighted by atomic mass is 19.1. The van der Waals surface area contributed by atoms with Gasteiger partial charge in [0.05, 0.1) is 25.0 Å². The molecule has 5 rings (SSSR count). The Bertz CT molecular complexity index is 1410. The van der Waals surface area contributed by atoms with Crippen LogP contribution >= 0.6 is 0 Å². The number of nitrogens with one attached hydrogen (secondary N) is 2. The Balaban J connectivity index is 1.28. The van der Waals surface area contributed by atoms with E-state index in [-0.39, 0.29) is 26.4 Å². The number of amides is 1. The number of carbonyl (C=O) groups excluding carboxylic acids is 1. The molecule has 1 aliphatic heterocycles. The molecule has 1 amide bonds. The first-order valence-corrected chi connectivity index (χ1v) is 14.1. The second-order valence-electron chi connectivity index (χ2n) is 11.3. The zero-order valence-corrected chi connectivity index (χ0v) is 23.8. The smallest absolute Gasteiger partial charge is 0.407 e. The first kappa shape index (κ1) is 28.9. The summed E-state index contributed by atoms with van der Waals surface area (Å²) in [7, 11) is 0. The van der Waals surface area contributed by atoms with E-state index < -0.39 is 23.6 Å². The van der Waals surface area contributed by atoms with Gasteiger partial charge in [-0.15, -0.1) is 10.2 Å². The number of halogens is 1. The average Bonchev–Trinajstić information content (AvgIpc) is 3.33. The number of hydrogen-bond donors (Lipinski definition) is 3. The minimum atomic E-state index is -0.653. The Kier molecular flexibility index (Phi) is 8.82. The normalized spacial score (nSPS) is 16.2.